The molecule has 1 saturated heterocycles. The summed E-state index contributed by atoms with van der Waals surface area (Å²) in [6.45, 7) is 7.98. The van der Waals surface area contributed by atoms with Crippen LogP contribution in [0.15, 0.2) is 66.5 Å². The van der Waals surface area contributed by atoms with E-state index >= 15 is 0 Å². The van der Waals surface area contributed by atoms with Crippen molar-refractivity contribution < 1.29 is 19.4 Å². The maximum Gasteiger partial charge on any atom is 0.300 e. The predicted octanol–water partition coefficient (Wildman–Crippen LogP) is 5.98. The molecule has 35 heavy (non-hydrogen) atoms. The molecule has 1 aromatic heterocycles. The van der Waals surface area contributed by atoms with Crippen molar-refractivity contribution in [3.05, 3.63) is 93.8 Å². The highest BCUT2D eigenvalue weighted by atomic mass is 35.5. The van der Waals surface area contributed by atoms with E-state index in [1.54, 1.807) is 54.9 Å². The van der Waals surface area contributed by atoms with Crippen LogP contribution in [0.25, 0.3) is 5.76 Å². The third-order valence-corrected chi connectivity index (χ3v) is 6.44. The van der Waals surface area contributed by atoms with E-state index in [1.165, 1.54) is 12.0 Å². The molecule has 1 N–H and O–H groups in total. The van der Waals surface area contributed by atoms with Crippen LogP contribution in [0.5, 0.6) is 5.75 Å². The van der Waals surface area contributed by atoms with E-state index in [0.717, 1.165) is 11.1 Å². The lowest BCUT2D eigenvalue weighted by Crippen LogP contribution is -2.30. The third kappa shape index (κ3) is 4.42. The topological polar surface area (TPSA) is 79.7 Å². The second-order valence-corrected chi connectivity index (χ2v) is 9.98. The Bertz CT molecular complexity index is 1340. The predicted molar refractivity (Wildman–Crippen MR) is 137 cm³/mol. The van der Waals surface area contributed by atoms with Crippen LogP contribution in [0.1, 0.15) is 49.1 Å². The minimum atomic E-state index is -0.860. The van der Waals surface area contributed by atoms with E-state index in [1.807, 2.05) is 13.0 Å². The molecule has 4 rings (SSSR count). The fraction of sp³-hybridized carbons (Fsp3) is 0.250. The van der Waals surface area contributed by atoms with E-state index in [-0.39, 0.29) is 16.7 Å². The molecule has 0 aliphatic carbocycles. The van der Waals surface area contributed by atoms with Crippen molar-refractivity contribution in [3.8, 4) is 5.75 Å². The number of Topliss-reactive ketones (excluding diaryl/α,β-unsaturated/α-hetero) is 1. The number of anilines is 1. The van der Waals surface area contributed by atoms with Gasteiger partial charge in [0, 0.05) is 23.1 Å². The lowest BCUT2D eigenvalue weighted by Gasteiger charge is -2.27. The molecule has 1 unspecified atom stereocenters. The fourth-order valence-electron chi connectivity index (χ4n) is 4.34. The van der Waals surface area contributed by atoms with Gasteiger partial charge in [0.1, 0.15) is 11.5 Å². The number of hydrogen-bond acceptors (Lipinski definition) is 5. The molecule has 6 nitrogen and oxygen atoms in total. The number of benzene rings is 2. The van der Waals surface area contributed by atoms with Gasteiger partial charge in [-0.2, -0.15) is 0 Å². The maximum absolute atomic E-state index is 13.5. The minimum absolute atomic E-state index is 0.0140. The zero-order chi connectivity index (χ0) is 25.5. The molecule has 0 bridgehead atoms. The zero-order valence-electron chi connectivity index (χ0n) is 20.3. The SMILES string of the molecule is COc1ccc(C(C)(C)C)cc1/C(O)=C1\C(=O)C(=O)N(c2ccc(Cl)cc2C)C1c1ccncc1. The molecule has 1 fully saturated rings. The summed E-state index contributed by atoms with van der Waals surface area (Å²) in [7, 11) is 1.50. The standard InChI is InChI=1S/C28H27ClN2O4/c1-16-14-19(29)7-8-21(16)31-24(17-10-12-30-13-11-17)23(26(33)27(31)34)25(32)20-15-18(28(2,3)4)6-9-22(20)35-5/h6-15,24,32H,1-5H3/b25-23+. The highest BCUT2D eigenvalue weighted by Gasteiger charge is 2.47. The molecule has 0 radical (unpaired) electrons. The van der Waals surface area contributed by atoms with Crippen molar-refractivity contribution in [2.45, 2.75) is 39.2 Å². The third-order valence-electron chi connectivity index (χ3n) is 6.21. The van der Waals surface area contributed by atoms with Gasteiger partial charge < -0.3 is 9.84 Å². The molecule has 1 aliphatic rings. The summed E-state index contributed by atoms with van der Waals surface area (Å²) in [5.41, 5.74) is 2.98. The van der Waals surface area contributed by atoms with E-state index in [2.05, 4.69) is 25.8 Å². The number of nitrogens with zero attached hydrogens (tertiary/aromatic N) is 2. The smallest absolute Gasteiger partial charge is 0.300 e. The van der Waals surface area contributed by atoms with E-state index < -0.39 is 17.7 Å². The average Bonchev–Trinajstić information content (AvgIpc) is 3.08. The number of carbonyl (C=O) groups excluding carboxylic acids is 2. The number of aliphatic hydroxyl groups is 1. The normalized spacial score (nSPS) is 17.7. The second kappa shape index (κ2) is 9.19. The zero-order valence-corrected chi connectivity index (χ0v) is 21.1. The van der Waals surface area contributed by atoms with Gasteiger partial charge in [-0.3, -0.25) is 19.5 Å². The summed E-state index contributed by atoms with van der Waals surface area (Å²) in [4.78, 5) is 32.3. The Labute approximate surface area is 209 Å². The van der Waals surface area contributed by atoms with Gasteiger partial charge in [-0.15, -0.1) is 0 Å². The summed E-state index contributed by atoms with van der Waals surface area (Å²) in [6.07, 6.45) is 3.18. The van der Waals surface area contributed by atoms with Crippen LogP contribution >= 0.6 is 11.6 Å². The number of rotatable bonds is 4. The van der Waals surface area contributed by atoms with Crippen molar-refractivity contribution in [1.82, 2.24) is 4.98 Å². The molecule has 0 spiro atoms. The fourth-order valence-corrected chi connectivity index (χ4v) is 4.56. The second-order valence-electron chi connectivity index (χ2n) is 9.55. The van der Waals surface area contributed by atoms with Gasteiger partial charge in [0.05, 0.1) is 24.3 Å². The van der Waals surface area contributed by atoms with Crippen LogP contribution in [0.2, 0.25) is 5.02 Å². The average molecular weight is 491 g/mol. The largest absolute Gasteiger partial charge is 0.507 e. The lowest BCUT2D eigenvalue weighted by molar-refractivity contribution is -0.132. The van der Waals surface area contributed by atoms with Crippen molar-refractivity contribution >= 4 is 34.7 Å². The molecule has 1 aliphatic heterocycles. The van der Waals surface area contributed by atoms with E-state index in [0.29, 0.717) is 27.6 Å². The number of amides is 1. The van der Waals surface area contributed by atoms with Gasteiger partial charge in [0.2, 0.25) is 0 Å². The van der Waals surface area contributed by atoms with Crippen LogP contribution in [0, 0.1) is 6.92 Å². The summed E-state index contributed by atoms with van der Waals surface area (Å²) >= 11 is 6.14. The molecule has 7 heteroatoms. The van der Waals surface area contributed by atoms with Crippen LogP contribution in [0.4, 0.5) is 5.69 Å². The Morgan fingerprint density at radius 2 is 1.74 bits per heavy atom. The van der Waals surface area contributed by atoms with Crippen LogP contribution in [0.3, 0.4) is 0 Å². The van der Waals surface area contributed by atoms with Crippen molar-refractivity contribution in [1.29, 1.82) is 0 Å². The number of aromatic nitrogens is 1. The molecule has 180 valence electrons. The molecule has 2 aromatic carbocycles. The number of carbonyl (C=O) groups is 2. The van der Waals surface area contributed by atoms with Crippen LogP contribution < -0.4 is 9.64 Å². The van der Waals surface area contributed by atoms with Gasteiger partial charge >= 0.3 is 0 Å². The summed E-state index contributed by atoms with van der Waals surface area (Å²) < 4.78 is 5.51. The first-order chi connectivity index (χ1) is 16.5. The summed E-state index contributed by atoms with van der Waals surface area (Å²) in [5, 5.41) is 12.1. The molecule has 0 saturated carbocycles. The van der Waals surface area contributed by atoms with Gasteiger partial charge in [-0.1, -0.05) is 38.4 Å². The number of aliphatic hydroxyl groups excluding tert-OH is 1. The molecule has 1 amide bonds. The number of methoxy groups -OCH3 is 1. The Balaban J connectivity index is 2.00. The van der Waals surface area contributed by atoms with Crippen molar-refractivity contribution in [2.24, 2.45) is 0 Å². The first kappa shape index (κ1) is 24.5. The molecular formula is C28H27ClN2O4. The summed E-state index contributed by atoms with van der Waals surface area (Å²) in [6, 6.07) is 13.2. The van der Waals surface area contributed by atoms with Gasteiger partial charge in [0.25, 0.3) is 11.7 Å². The monoisotopic (exact) mass is 490 g/mol. The van der Waals surface area contributed by atoms with Gasteiger partial charge in [-0.25, -0.2) is 0 Å². The Morgan fingerprint density at radius 3 is 2.34 bits per heavy atom. The van der Waals surface area contributed by atoms with E-state index in [4.69, 9.17) is 16.3 Å². The maximum atomic E-state index is 13.5. The summed E-state index contributed by atoms with van der Waals surface area (Å²) in [5.74, 6) is -1.40. The number of aryl methyl sites for hydroxylation is 1. The van der Waals surface area contributed by atoms with Crippen molar-refractivity contribution in [2.75, 3.05) is 12.0 Å². The number of ether oxygens (including phenoxy) is 1. The Kier molecular flexibility index (Phi) is 6.43. The highest BCUT2D eigenvalue weighted by Crippen LogP contribution is 2.44. The van der Waals surface area contributed by atoms with E-state index in [9.17, 15) is 14.7 Å². The van der Waals surface area contributed by atoms with Gasteiger partial charge in [-0.05, 0) is 71.5 Å². The quantitative estimate of drug-likeness (QED) is 0.276. The molecule has 3 aromatic rings. The highest BCUT2D eigenvalue weighted by molar-refractivity contribution is 6.52. The first-order valence-electron chi connectivity index (χ1n) is 11.2. The van der Waals surface area contributed by atoms with Crippen LogP contribution in [-0.4, -0.2) is 28.9 Å². The molecule has 2 heterocycles. The number of pyridine rings is 1. The van der Waals surface area contributed by atoms with Crippen LogP contribution in [-0.2, 0) is 15.0 Å². The minimum Gasteiger partial charge on any atom is -0.507 e. The van der Waals surface area contributed by atoms with Gasteiger partial charge in [0.15, 0.2) is 0 Å². The molecular weight excluding hydrogens is 464 g/mol. The first-order valence-corrected chi connectivity index (χ1v) is 11.6. The number of ketones is 1. The Hall–Kier alpha value is -3.64. The molecule has 1 atom stereocenters. The Morgan fingerprint density at radius 1 is 1.06 bits per heavy atom. The number of hydrogen-bond donors (Lipinski definition) is 1. The lowest BCUT2D eigenvalue weighted by atomic mass is 9.85. The number of halogens is 1. The van der Waals surface area contributed by atoms with Crippen molar-refractivity contribution in [3.63, 3.8) is 0 Å².